The predicted octanol–water partition coefficient (Wildman–Crippen LogP) is 3.60. The van der Waals surface area contributed by atoms with Gasteiger partial charge < -0.3 is 19.3 Å². The lowest BCUT2D eigenvalue weighted by Crippen LogP contribution is -2.45. The highest BCUT2D eigenvalue weighted by atomic mass is 16.5. The van der Waals surface area contributed by atoms with E-state index in [4.69, 9.17) is 9.51 Å². The van der Waals surface area contributed by atoms with Crippen molar-refractivity contribution in [3.05, 3.63) is 47.6 Å². The van der Waals surface area contributed by atoms with Gasteiger partial charge in [-0.05, 0) is 31.4 Å². The first-order chi connectivity index (χ1) is 13.7. The van der Waals surface area contributed by atoms with E-state index in [2.05, 4.69) is 35.1 Å². The molecule has 0 spiro atoms. The van der Waals surface area contributed by atoms with Crippen LogP contribution >= 0.6 is 0 Å². The molecule has 1 saturated heterocycles. The van der Waals surface area contributed by atoms with Crippen molar-refractivity contribution in [3.8, 4) is 0 Å². The number of nitrogens with zero attached hydrogens (tertiary/aromatic N) is 4. The molecule has 1 fully saturated rings. The highest BCUT2D eigenvalue weighted by Crippen LogP contribution is 2.28. The second kappa shape index (κ2) is 8.04. The van der Waals surface area contributed by atoms with Crippen molar-refractivity contribution >= 4 is 17.1 Å². The zero-order chi connectivity index (χ0) is 19.5. The van der Waals surface area contributed by atoms with E-state index in [1.54, 1.807) is 0 Å². The number of carbonyl (C=O) groups is 1. The molecule has 1 aliphatic rings. The standard InChI is InChI=1S/C21H27N5O2/c1-3-7-16-12-17(28-24-16)13-22-21(27)26-11-6-8-15(14-26)20-23-18-9-4-5-10-19(18)25(20)2/h4-5,9-10,12,15H,3,6-8,11,13-14H2,1-2H3,(H,22,27). The molecule has 3 aromatic rings. The fourth-order valence-electron chi connectivity index (χ4n) is 3.99. The average molecular weight is 381 g/mol. The lowest BCUT2D eigenvalue weighted by atomic mass is 9.97. The molecule has 0 radical (unpaired) electrons. The monoisotopic (exact) mass is 381 g/mol. The van der Waals surface area contributed by atoms with Crippen LogP contribution in [0.4, 0.5) is 4.79 Å². The van der Waals surface area contributed by atoms with Gasteiger partial charge in [0, 0.05) is 32.1 Å². The SMILES string of the molecule is CCCc1cc(CNC(=O)N2CCCC(c3nc4ccccc4n3C)C2)on1. The number of aryl methyl sites for hydroxylation is 2. The number of piperidine rings is 1. The van der Waals surface area contributed by atoms with Crippen molar-refractivity contribution < 1.29 is 9.32 Å². The van der Waals surface area contributed by atoms with E-state index in [9.17, 15) is 4.79 Å². The molecule has 4 rings (SSSR count). The molecule has 1 aliphatic heterocycles. The minimum atomic E-state index is -0.0584. The number of imidazole rings is 1. The number of urea groups is 1. The summed E-state index contributed by atoms with van der Waals surface area (Å²) in [7, 11) is 2.06. The molecule has 1 unspecified atom stereocenters. The largest absolute Gasteiger partial charge is 0.359 e. The average Bonchev–Trinajstić information content (AvgIpc) is 3.31. The number of carbonyl (C=O) groups excluding carboxylic acids is 1. The number of aromatic nitrogens is 3. The summed E-state index contributed by atoms with van der Waals surface area (Å²) >= 11 is 0. The van der Waals surface area contributed by atoms with Crippen LogP contribution < -0.4 is 5.32 Å². The van der Waals surface area contributed by atoms with Crippen molar-refractivity contribution in [2.24, 2.45) is 7.05 Å². The molecule has 0 aliphatic carbocycles. The molecule has 1 atom stereocenters. The van der Waals surface area contributed by atoms with Crippen LogP contribution in [0.5, 0.6) is 0 Å². The van der Waals surface area contributed by atoms with Crippen LogP contribution in [0.3, 0.4) is 0 Å². The highest BCUT2D eigenvalue weighted by molar-refractivity contribution is 5.76. The minimum absolute atomic E-state index is 0.0584. The second-order valence-corrected chi connectivity index (χ2v) is 7.50. The molecule has 3 heterocycles. The molecule has 7 heteroatoms. The van der Waals surface area contributed by atoms with Crippen molar-refractivity contribution in [2.45, 2.75) is 45.1 Å². The van der Waals surface area contributed by atoms with Crippen LogP contribution in [0, 0.1) is 0 Å². The lowest BCUT2D eigenvalue weighted by Gasteiger charge is -2.32. The maximum absolute atomic E-state index is 12.7. The third-order valence-electron chi connectivity index (χ3n) is 5.42. The number of fused-ring (bicyclic) bond motifs is 1. The Kier molecular flexibility index (Phi) is 5.32. The fourth-order valence-corrected chi connectivity index (χ4v) is 3.99. The maximum Gasteiger partial charge on any atom is 0.317 e. The smallest absolute Gasteiger partial charge is 0.317 e. The molecule has 0 saturated carbocycles. The normalized spacial score (nSPS) is 17.2. The number of amides is 2. The van der Waals surface area contributed by atoms with Crippen molar-refractivity contribution in [1.82, 2.24) is 24.9 Å². The molecular weight excluding hydrogens is 354 g/mol. The number of nitrogens with one attached hydrogen (secondary N) is 1. The third-order valence-corrected chi connectivity index (χ3v) is 5.42. The van der Waals surface area contributed by atoms with Crippen LogP contribution in [-0.2, 0) is 20.0 Å². The van der Waals surface area contributed by atoms with Gasteiger partial charge in [-0.25, -0.2) is 9.78 Å². The zero-order valence-corrected chi connectivity index (χ0v) is 16.5. The van der Waals surface area contributed by atoms with Gasteiger partial charge >= 0.3 is 6.03 Å². The Morgan fingerprint density at radius 1 is 1.36 bits per heavy atom. The Balaban J connectivity index is 1.39. The first-order valence-corrected chi connectivity index (χ1v) is 10.0. The zero-order valence-electron chi connectivity index (χ0n) is 16.5. The molecule has 2 aromatic heterocycles. The third kappa shape index (κ3) is 3.74. The van der Waals surface area contributed by atoms with Gasteiger partial charge in [-0.2, -0.15) is 0 Å². The maximum atomic E-state index is 12.7. The first kappa shape index (κ1) is 18.5. The van der Waals surface area contributed by atoms with Crippen molar-refractivity contribution in [3.63, 3.8) is 0 Å². The number of likely N-dealkylation sites (tertiary alicyclic amines) is 1. The highest BCUT2D eigenvalue weighted by Gasteiger charge is 2.28. The van der Waals surface area contributed by atoms with Gasteiger partial charge in [-0.15, -0.1) is 0 Å². The molecule has 1 N–H and O–H groups in total. The van der Waals surface area contributed by atoms with Gasteiger partial charge in [-0.3, -0.25) is 0 Å². The lowest BCUT2D eigenvalue weighted by molar-refractivity contribution is 0.176. The Morgan fingerprint density at radius 3 is 3.04 bits per heavy atom. The summed E-state index contributed by atoms with van der Waals surface area (Å²) in [5.41, 5.74) is 3.08. The second-order valence-electron chi connectivity index (χ2n) is 7.50. The van der Waals surface area contributed by atoms with E-state index < -0.39 is 0 Å². The molecule has 2 amide bonds. The topological polar surface area (TPSA) is 76.2 Å². The summed E-state index contributed by atoms with van der Waals surface area (Å²) in [4.78, 5) is 19.4. The van der Waals surface area contributed by atoms with Gasteiger partial charge in [0.05, 0.1) is 23.3 Å². The number of hydrogen-bond acceptors (Lipinski definition) is 4. The molecule has 0 bridgehead atoms. The van der Waals surface area contributed by atoms with Crippen LogP contribution in [0.1, 0.15) is 49.4 Å². The van der Waals surface area contributed by atoms with Crippen molar-refractivity contribution in [2.75, 3.05) is 13.1 Å². The Hall–Kier alpha value is -2.83. The van der Waals surface area contributed by atoms with Gasteiger partial charge in [0.1, 0.15) is 5.82 Å². The molecule has 28 heavy (non-hydrogen) atoms. The van der Waals surface area contributed by atoms with Crippen molar-refractivity contribution in [1.29, 1.82) is 0 Å². The van der Waals surface area contributed by atoms with Crippen LogP contribution in [0.15, 0.2) is 34.9 Å². The first-order valence-electron chi connectivity index (χ1n) is 10.0. The number of benzene rings is 1. The predicted molar refractivity (Wildman–Crippen MR) is 107 cm³/mol. The summed E-state index contributed by atoms with van der Waals surface area (Å²) < 4.78 is 7.46. The van der Waals surface area contributed by atoms with Crippen LogP contribution in [0.2, 0.25) is 0 Å². The minimum Gasteiger partial charge on any atom is -0.359 e. The van der Waals surface area contributed by atoms with Crippen LogP contribution in [0.25, 0.3) is 11.0 Å². The summed E-state index contributed by atoms with van der Waals surface area (Å²) in [6, 6.07) is 10.0. The van der Waals surface area contributed by atoms with Gasteiger partial charge in [0.15, 0.2) is 5.76 Å². The molecule has 1 aromatic carbocycles. The van der Waals surface area contributed by atoms with E-state index in [1.165, 1.54) is 0 Å². The van der Waals surface area contributed by atoms with E-state index in [0.717, 1.165) is 54.8 Å². The number of para-hydroxylation sites is 2. The van der Waals surface area contributed by atoms with E-state index in [1.807, 2.05) is 29.2 Å². The Morgan fingerprint density at radius 2 is 2.21 bits per heavy atom. The molecule has 7 nitrogen and oxygen atoms in total. The summed E-state index contributed by atoms with van der Waals surface area (Å²) in [6.45, 7) is 3.92. The van der Waals surface area contributed by atoms with E-state index in [-0.39, 0.29) is 11.9 Å². The van der Waals surface area contributed by atoms with Crippen LogP contribution in [-0.4, -0.2) is 38.7 Å². The molecular formula is C21H27N5O2. The quantitative estimate of drug-likeness (QED) is 0.733. The van der Waals surface area contributed by atoms with Gasteiger partial charge in [-0.1, -0.05) is 30.6 Å². The summed E-state index contributed by atoms with van der Waals surface area (Å²) in [6.07, 6.45) is 3.94. The number of rotatable bonds is 5. The van der Waals surface area contributed by atoms with E-state index in [0.29, 0.717) is 18.8 Å². The van der Waals surface area contributed by atoms with Gasteiger partial charge in [0.2, 0.25) is 0 Å². The Bertz CT molecular complexity index is 961. The fraction of sp³-hybridized carbons (Fsp3) is 0.476. The number of hydrogen-bond donors (Lipinski definition) is 1. The van der Waals surface area contributed by atoms with E-state index >= 15 is 0 Å². The Labute approximate surface area is 164 Å². The van der Waals surface area contributed by atoms with Gasteiger partial charge in [0.25, 0.3) is 0 Å². The summed E-state index contributed by atoms with van der Waals surface area (Å²) in [5.74, 6) is 2.00. The molecule has 148 valence electrons. The summed E-state index contributed by atoms with van der Waals surface area (Å²) in [5, 5.41) is 6.99.